The first kappa shape index (κ1) is 20.8. The van der Waals surface area contributed by atoms with E-state index in [-0.39, 0.29) is 12.3 Å². The summed E-state index contributed by atoms with van der Waals surface area (Å²) in [6, 6.07) is 8.99. The number of aryl methyl sites for hydroxylation is 2. The van der Waals surface area contributed by atoms with Gasteiger partial charge in [-0.3, -0.25) is 9.59 Å². The van der Waals surface area contributed by atoms with Crippen LogP contribution in [0.1, 0.15) is 28.6 Å². The molecule has 0 fully saturated rings. The third-order valence-corrected chi connectivity index (χ3v) is 5.09. The van der Waals surface area contributed by atoms with E-state index in [1.54, 1.807) is 42.9 Å². The van der Waals surface area contributed by atoms with E-state index in [9.17, 15) is 9.59 Å². The Morgan fingerprint density at radius 3 is 2.48 bits per heavy atom. The Kier molecular flexibility index (Phi) is 6.17. The Balaban J connectivity index is 1.87. The quantitative estimate of drug-likeness (QED) is 0.453. The molecule has 152 valence electrons. The van der Waals surface area contributed by atoms with Gasteiger partial charge in [-0.2, -0.15) is 4.98 Å². The lowest BCUT2D eigenvalue weighted by molar-refractivity contribution is -0.159. The normalized spacial score (nSPS) is 12.0. The molecule has 0 saturated carbocycles. The van der Waals surface area contributed by atoms with Crippen LogP contribution in [0.25, 0.3) is 5.78 Å². The number of nitrogens with zero attached hydrogens (tertiary/aromatic N) is 5. The van der Waals surface area contributed by atoms with Crippen LogP contribution in [0.5, 0.6) is 0 Å². The maximum atomic E-state index is 12.8. The fraction of sp³-hybridized carbons (Fsp3) is 0.350. The van der Waals surface area contributed by atoms with Gasteiger partial charge in [0, 0.05) is 36.6 Å². The Morgan fingerprint density at radius 2 is 1.86 bits per heavy atom. The number of ether oxygens (including phenoxy) is 1. The second-order valence-corrected chi connectivity index (χ2v) is 7.53. The number of rotatable bonds is 6. The first-order chi connectivity index (χ1) is 13.8. The molecule has 8 nitrogen and oxygen atoms in total. The highest BCUT2D eigenvalue weighted by atomic mass is 32.2. The Morgan fingerprint density at radius 1 is 1.17 bits per heavy atom. The van der Waals surface area contributed by atoms with Crippen molar-refractivity contribution < 1.29 is 14.3 Å². The Hall–Kier alpha value is -2.94. The first-order valence-electron chi connectivity index (χ1n) is 9.04. The predicted molar refractivity (Wildman–Crippen MR) is 110 cm³/mol. The molecular weight excluding hydrogens is 390 g/mol. The molecule has 0 aliphatic heterocycles. The fourth-order valence-electron chi connectivity index (χ4n) is 2.97. The average molecular weight is 414 g/mol. The minimum atomic E-state index is -0.995. The molecule has 0 saturated heterocycles. The van der Waals surface area contributed by atoms with Crippen molar-refractivity contribution in [1.29, 1.82) is 0 Å². The molecule has 9 heteroatoms. The lowest BCUT2D eigenvalue weighted by atomic mass is 10.1. The van der Waals surface area contributed by atoms with Gasteiger partial charge in [0.05, 0.1) is 6.42 Å². The van der Waals surface area contributed by atoms with Crippen LogP contribution in [0.2, 0.25) is 0 Å². The lowest BCUT2D eigenvalue weighted by Crippen LogP contribution is -2.31. The van der Waals surface area contributed by atoms with Gasteiger partial charge in [0.1, 0.15) is 0 Å². The van der Waals surface area contributed by atoms with Crippen LogP contribution < -0.4 is 0 Å². The minimum Gasteiger partial charge on any atom is -0.447 e. The second kappa shape index (κ2) is 8.60. The highest BCUT2D eigenvalue weighted by molar-refractivity contribution is 7.98. The standard InChI is InChI=1S/C20H23N5O3S/c1-12-15(13(2)25-19(21-12)22-20(23-25)29-5)11-16(26)28-17(18(27)24(3)4)14-9-7-6-8-10-14/h6-10,17H,11H2,1-5H3. The molecule has 29 heavy (non-hydrogen) atoms. The van der Waals surface area contributed by atoms with Crippen molar-refractivity contribution in [2.24, 2.45) is 0 Å². The first-order valence-corrected chi connectivity index (χ1v) is 10.3. The SMILES string of the molecule is CSc1nc2nc(C)c(CC(=O)OC(C(=O)N(C)C)c3ccccc3)c(C)n2n1. The zero-order valence-electron chi connectivity index (χ0n) is 17.0. The van der Waals surface area contributed by atoms with Gasteiger partial charge in [0.15, 0.2) is 0 Å². The third-order valence-electron chi connectivity index (χ3n) is 4.55. The lowest BCUT2D eigenvalue weighted by Gasteiger charge is -2.21. The van der Waals surface area contributed by atoms with Crippen molar-refractivity contribution >= 4 is 29.4 Å². The molecule has 0 aliphatic rings. The monoisotopic (exact) mass is 413 g/mol. The van der Waals surface area contributed by atoms with Crippen molar-refractivity contribution in [3.8, 4) is 0 Å². The van der Waals surface area contributed by atoms with Gasteiger partial charge < -0.3 is 9.64 Å². The van der Waals surface area contributed by atoms with Crippen molar-refractivity contribution in [3.05, 3.63) is 52.8 Å². The van der Waals surface area contributed by atoms with E-state index in [0.717, 1.165) is 5.69 Å². The summed E-state index contributed by atoms with van der Waals surface area (Å²) in [5.41, 5.74) is 2.79. The minimum absolute atomic E-state index is 0.0148. The Bertz CT molecular complexity index is 1050. The number of carbonyl (C=O) groups excluding carboxylic acids is 2. The summed E-state index contributed by atoms with van der Waals surface area (Å²) < 4.78 is 7.23. The maximum absolute atomic E-state index is 12.8. The van der Waals surface area contributed by atoms with E-state index in [1.807, 2.05) is 26.2 Å². The number of hydrogen-bond acceptors (Lipinski definition) is 7. The molecule has 0 radical (unpaired) electrons. The number of thioether (sulfide) groups is 1. The number of aromatic nitrogens is 4. The van der Waals surface area contributed by atoms with Gasteiger partial charge in [0.2, 0.25) is 11.3 Å². The number of benzene rings is 1. The van der Waals surface area contributed by atoms with Crippen LogP contribution in [0, 0.1) is 13.8 Å². The summed E-state index contributed by atoms with van der Waals surface area (Å²) in [6.07, 6.45) is 0.880. The fourth-order valence-corrected chi connectivity index (χ4v) is 3.31. The van der Waals surface area contributed by atoms with Crippen LogP contribution in [0.4, 0.5) is 0 Å². The topological polar surface area (TPSA) is 89.7 Å². The molecule has 1 atom stereocenters. The van der Waals surface area contributed by atoms with Crippen molar-refractivity contribution in [3.63, 3.8) is 0 Å². The number of likely N-dealkylation sites (N-methyl/N-ethyl adjacent to an activating group) is 1. The molecule has 1 aromatic carbocycles. The molecule has 1 amide bonds. The van der Waals surface area contributed by atoms with Gasteiger partial charge in [-0.25, -0.2) is 9.50 Å². The van der Waals surface area contributed by atoms with Gasteiger partial charge in [-0.05, 0) is 20.1 Å². The zero-order chi connectivity index (χ0) is 21.1. The van der Waals surface area contributed by atoms with Crippen LogP contribution >= 0.6 is 11.8 Å². The summed E-state index contributed by atoms with van der Waals surface area (Å²) in [7, 11) is 3.26. The van der Waals surface area contributed by atoms with Crippen LogP contribution in [0.15, 0.2) is 35.5 Å². The molecule has 0 aliphatic carbocycles. The van der Waals surface area contributed by atoms with E-state index < -0.39 is 12.1 Å². The third kappa shape index (κ3) is 4.40. The van der Waals surface area contributed by atoms with Gasteiger partial charge in [0.25, 0.3) is 11.7 Å². The van der Waals surface area contributed by atoms with Crippen molar-refractivity contribution in [2.45, 2.75) is 31.5 Å². The average Bonchev–Trinajstić information content (AvgIpc) is 3.12. The smallest absolute Gasteiger partial charge is 0.311 e. The molecule has 3 rings (SSSR count). The highest BCUT2D eigenvalue weighted by Gasteiger charge is 2.27. The van der Waals surface area contributed by atoms with Crippen LogP contribution in [-0.2, 0) is 20.7 Å². The Labute approximate surface area is 173 Å². The number of hydrogen-bond donors (Lipinski definition) is 0. The number of carbonyl (C=O) groups is 2. The summed E-state index contributed by atoms with van der Waals surface area (Å²) >= 11 is 1.42. The van der Waals surface area contributed by atoms with E-state index in [1.165, 1.54) is 16.7 Å². The number of amides is 1. The number of esters is 1. The van der Waals surface area contributed by atoms with E-state index in [2.05, 4.69) is 15.1 Å². The predicted octanol–water partition coefficient (Wildman–Crippen LogP) is 2.38. The summed E-state index contributed by atoms with van der Waals surface area (Å²) in [5, 5.41) is 5.00. The van der Waals surface area contributed by atoms with Gasteiger partial charge in [-0.1, -0.05) is 42.1 Å². The summed E-state index contributed by atoms with van der Waals surface area (Å²) in [5.74, 6) is -0.314. The molecule has 0 N–H and O–H groups in total. The molecular formula is C20H23N5O3S. The number of fused-ring (bicyclic) bond motifs is 1. The molecule has 3 aromatic rings. The van der Waals surface area contributed by atoms with E-state index >= 15 is 0 Å². The molecule has 2 aromatic heterocycles. The van der Waals surface area contributed by atoms with E-state index in [0.29, 0.717) is 27.8 Å². The molecule has 0 bridgehead atoms. The van der Waals surface area contributed by atoms with Gasteiger partial charge in [-0.15, -0.1) is 5.10 Å². The highest BCUT2D eigenvalue weighted by Crippen LogP contribution is 2.22. The summed E-state index contributed by atoms with van der Waals surface area (Å²) in [6.45, 7) is 3.69. The maximum Gasteiger partial charge on any atom is 0.311 e. The second-order valence-electron chi connectivity index (χ2n) is 6.76. The molecule has 1 unspecified atom stereocenters. The molecule has 2 heterocycles. The van der Waals surface area contributed by atoms with E-state index in [4.69, 9.17) is 4.74 Å². The van der Waals surface area contributed by atoms with Gasteiger partial charge >= 0.3 is 5.97 Å². The zero-order valence-corrected chi connectivity index (χ0v) is 17.9. The van der Waals surface area contributed by atoms with Crippen molar-refractivity contribution in [1.82, 2.24) is 24.5 Å². The molecule has 0 spiro atoms. The van der Waals surface area contributed by atoms with Crippen LogP contribution in [-0.4, -0.2) is 56.7 Å². The van der Waals surface area contributed by atoms with Crippen molar-refractivity contribution in [2.75, 3.05) is 20.4 Å². The van der Waals surface area contributed by atoms with Crippen LogP contribution in [0.3, 0.4) is 0 Å². The largest absolute Gasteiger partial charge is 0.447 e. The summed E-state index contributed by atoms with van der Waals surface area (Å²) in [4.78, 5) is 35.5.